The van der Waals surface area contributed by atoms with Crippen molar-refractivity contribution in [2.75, 3.05) is 6.61 Å². The third-order valence-electron chi connectivity index (χ3n) is 3.63. The Morgan fingerprint density at radius 1 is 1.08 bits per heavy atom. The summed E-state index contributed by atoms with van der Waals surface area (Å²) in [5.74, 6) is -0.324. The Morgan fingerprint density at radius 3 is 2.42 bits per heavy atom. The molecular formula is C17H16FN5O3. The van der Waals surface area contributed by atoms with Crippen LogP contribution in [0.5, 0.6) is 5.75 Å². The Bertz CT molecular complexity index is 948. The van der Waals surface area contributed by atoms with Gasteiger partial charge in [0.15, 0.2) is 0 Å². The molecule has 134 valence electrons. The standard InChI is InChI=1S/C17H16FN5O3/c18-13-4-8-15(9-5-13)26-11-1-10-22-17(25)23(21-20-22)14-6-2-12(3-7-14)16(19)24/h2-9H,1,10-11H2,(H2,19,24). The third kappa shape index (κ3) is 3.94. The van der Waals surface area contributed by atoms with E-state index >= 15 is 0 Å². The van der Waals surface area contributed by atoms with Gasteiger partial charge >= 0.3 is 5.69 Å². The van der Waals surface area contributed by atoms with Gasteiger partial charge in [-0.15, -0.1) is 0 Å². The third-order valence-corrected chi connectivity index (χ3v) is 3.63. The van der Waals surface area contributed by atoms with Crippen LogP contribution in [0.25, 0.3) is 5.69 Å². The summed E-state index contributed by atoms with van der Waals surface area (Å²) in [6.45, 7) is 0.664. The number of nitrogens with zero attached hydrogens (tertiary/aromatic N) is 4. The zero-order chi connectivity index (χ0) is 18.5. The molecule has 9 heteroatoms. The van der Waals surface area contributed by atoms with E-state index in [9.17, 15) is 14.0 Å². The minimum Gasteiger partial charge on any atom is -0.494 e. The second kappa shape index (κ2) is 7.60. The van der Waals surface area contributed by atoms with Gasteiger partial charge in [-0.3, -0.25) is 4.79 Å². The van der Waals surface area contributed by atoms with Gasteiger partial charge < -0.3 is 10.5 Å². The molecule has 0 aliphatic rings. The van der Waals surface area contributed by atoms with Gasteiger partial charge in [0.1, 0.15) is 11.6 Å². The van der Waals surface area contributed by atoms with Gasteiger partial charge in [-0.2, -0.15) is 9.36 Å². The smallest absolute Gasteiger partial charge is 0.368 e. The molecule has 0 fully saturated rings. The zero-order valence-corrected chi connectivity index (χ0v) is 13.7. The highest BCUT2D eigenvalue weighted by atomic mass is 19.1. The van der Waals surface area contributed by atoms with Crippen molar-refractivity contribution in [3.8, 4) is 11.4 Å². The van der Waals surface area contributed by atoms with Crippen LogP contribution in [-0.2, 0) is 6.54 Å². The molecule has 0 spiro atoms. The van der Waals surface area contributed by atoms with Crippen LogP contribution in [0.3, 0.4) is 0 Å². The van der Waals surface area contributed by atoms with Crippen molar-refractivity contribution in [1.29, 1.82) is 0 Å². The van der Waals surface area contributed by atoms with E-state index in [0.29, 0.717) is 36.6 Å². The number of tetrazole rings is 1. The summed E-state index contributed by atoms with van der Waals surface area (Å²) in [6.07, 6.45) is 0.524. The molecule has 2 N–H and O–H groups in total. The van der Waals surface area contributed by atoms with E-state index in [2.05, 4.69) is 10.4 Å². The van der Waals surface area contributed by atoms with Crippen LogP contribution in [0, 0.1) is 5.82 Å². The first-order valence-electron chi connectivity index (χ1n) is 7.86. The highest BCUT2D eigenvalue weighted by Gasteiger charge is 2.09. The number of ether oxygens (including phenoxy) is 1. The Kier molecular flexibility index (Phi) is 5.07. The predicted octanol–water partition coefficient (Wildman–Crippen LogP) is 1.14. The Morgan fingerprint density at radius 2 is 1.77 bits per heavy atom. The molecule has 1 heterocycles. The number of rotatable bonds is 7. The second-order valence-corrected chi connectivity index (χ2v) is 5.46. The molecule has 0 bridgehead atoms. The lowest BCUT2D eigenvalue weighted by molar-refractivity contribution is 0.100. The van der Waals surface area contributed by atoms with Gasteiger partial charge in [0, 0.05) is 12.0 Å². The SMILES string of the molecule is NC(=O)c1ccc(-n2nnn(CCCOc3ccc(F)cc3)c2=O)cc1. The molecule has 1 amide bonds. The first kappa shape index (κ1) is 17.3. The average Bonchev–Trinajstić information content (AvgIpc) is 3.01. The van der Waals surface area contributed by atoms with Crippen molar-refractivity contribution < 1.29 is 13.9 Å². The van der Waals surface area contributed by atoms with Crippen LogP contribution in [0.1, 0.15) is 16.8 Å². The Hall–Kier alpha value is -3.49. The maximum Gasteiger partial charge on any atom is 0.368 e. The lowest BCUT2D eigenvalue weighted by Gasteiger charge is -2.05. The van der Waals surface area contributed by atoms with Gasteiger partial charge in [-0.1, -0.05) is 0 Å². The van der Waals surface area contributed by atoms with Crippen LogP contribution in [0.2, 0.25) is 0 Å². The molecule has 0 atom stereocenters. The number of halogens is 1. The molecule has 8 nitrogen and oxygen atoms in total. The number of primary amides is 1. The molecule has 26 heavy (non-hydrogen) atoms. The fourth-order valence-corrected chi connectivity index (χ4v) is 2.28. The van der Waals surface area contributed by atoms with Crippen LogP contribution < -0.4 is 16.2 Å². The monoisotopic (exact) mass is 357 g/mol. The summed E-state index contributed by atoms with van der Waals surface area (Å²) in [6, 6.07) is 11.9. The molecule has 0 saturated carbocycles. The van der Waals surface area contributed by atoms with Crippen LogP contribution in [0.4, 0.5) is 4.39 Å². The zero-order valence-electron chi connectivity index (χ0n) is 13.7. The largest absolute Gasteiger partial charge is 0.494 e. The van der Waals surface area contributed by atoms with Crippen molar-refractivity contribution in [2.45, 2.75) is 13.0 Å². The lowest BCUT2D eigenvalue weighted by atomic mass is 10.2. The topological polar surface area (TPSA) is 105 Å². The normalized spacial score (nSPS) is 10.7. The predicted molar refractivity (Wildman–Crippen MR) is 90.6 cm³/mol. The molecule has 0 radical (unpaired) electrons. The molecule has 0 aliphatic heterocycles. The molecule has 2 aromatic carbocycles. The Balaban J connectivity index is 1.59. The van der Waals surface area contributed by atoms with Gasteiger partial charge in [-0.25, -0.2) is 9.18 Å². The first-order chi connectivity index (χ1) is 12.5. The molecule has 0 saturated heterocycles. The van der Waals surface area contributed by atoms with Crippen molar-refractivity contribution >= 4 is 5.91 Å². The van der Waals surface area contributed by atoms with Crippen molar-refractivity contribution in [1.82, 2.24) is 19.8 Å². The van der Waals surface area contributed by atoms with Crippen molar-refractivity contribution in [3.63, 3.8) is 0 Å². The molecule has 3 rings (SSSR count). The summed E-state index contributed by atoms with van der Waals surface area (Å²) in [5.41, 5.74) is 5.60. The molecular weight excluding hydrogens is 341 g/mol. The first-order valence-corrected chi connectivity index (χ1v) is 7.86. The van der Waals surface area contributed by atoms with Crippen LogP contribution in [-0.4, -0.2) is 32.3 Å². The number of aryl methyl sites for hydroxylation is 1. The van der Waals surface area contributed by atoms with E-state index in [4.69, 9.17) is 10.5 Å². The number of hydrogen-bond acceptors (Lipinski definition) is 5. The number of benzene rings is 2. The van der Waals surface area contributed by atoms with E-state index in [0.717, 1.165) is 4.68 Å². The van der Waals surface area contributed by atoms with E-state index < -0.39 is 11.6 Å². The van der Waals surface area contributed by atoms with Crippen molar-refractivity contribution in [2.24, 2.45) is 5.73 Å². The van der Waals surface area contributed by atoms with Gasteiger partial charge in [-0.05, 0) is 59.0 Å². The highest BCUT2D eigenvalue weighted by Crippen LogP contribution is 2.11. The number of carbonyl (C=O) groups is 1. The minimum atomic E-state index is -0.547. The summed E-state index contributed by atoms with van der Waals surface area (Å²) in [7, 11) is 0. The molecule has 0 aliphatic carbocycles. The highest BCUT2D eigenvalue weighted by molar-refractivity contribution is 5.92. The second-order valence-electron chi connectivity index (χ2n) is 5.46. The minimum absolute atomic E-state index is 0.319. The number of amides is 1. The van der Waals surface area contributed by atoms with Crippen LogP contribution >= 0.6 is 0 Å². The maximum absolute atomic E-state index is 12.8. The number of nitrogens with two attached hydrogens (primary N) is 1. The molecule has 1 aromatic heterocycles. The van der Waals surface area contributed by atoms with E-state index in [1.807, 2.05) is 0 Å². The average molecular weight is 357 g/mol. The van der Waals surface area contributed by atoms with E-state index in [1.54, 1.807) is 12.1 Å². The molecule has 3 aromatic rings. The number of carbonyl (C=O) groups excluding carboxylic acids is 1. The Labute approximate surface area is 147 Å². The fraction of sp³-hybridized carbons (Fsp3) is 0.176. The van der Waals surface area contributed by atoms with E-state index in [1.165, 1.54) is 41.1 Å². The van der Waals surface area contributed by atoms with E-state index in [-0.39, 0.29) is 5.82 Å². The lowest BCUT2D eigenvalue weighted by Crippen LogP contribution is -2.25. The van der Waals surface area contributed by atoms with Gasteiger partial charge in [0.25, 0.3) is 0 Å². The van der Waals surface area contributed by atoms with Crippen LogP contribution in [0.15, 0.2) is 53.3 Å². The summed E-state index contributed by atoms with van der Waals surface area (Å²) >= 11 is 0. The van der Waals surface area contributed by atoms with Crippen molar-refractivity contribution in [3.05, 3.63) is 70.4 Å². The quantitative estimate of drug-likeness (QED) is 0.638. The summed E-state index contributed by atoms with van der Waals surface area (Å²) in [5, 5.41) is 7.65. The maximum atomic E-state index is 12.8. The summed E-state index contributed by atoms with van der Waals surface area (Å²) in [4.78, 5) is 23.4. The molecule has 0 unspecified atom stereocenters. The number of hydrogen-bond donors (Lipinski definition) is 1. The summed E-state index contributed by atoms with van der Waals surface area (Å²) < 4.78 is 20.6. The van der Waals surface area contributed by atoms with Gasteiger partial charge in [0.05, 0.1) is 18.8 Å². The fourth-order valence-electron chi connectivity index (χ4n) is 2.28. The van der Waals surface area contributed by atoms with Gasteiger partial charge in [0.2, 0.25) is 5.91 Å². The number of aromatic nitrogens is 4.